The van der Waals surface area contributed by atoms with Gasteiger partial charge in [-0.1, -0.05) is 12.5 Å². The van der Waals surface area contributed by atoms with E-state index < -0.39 is 5.60 Å². The van der Waals surface area contributed by atoms with Crippen molar-refractivity contribution in [2.75, 3.05) is 13.1 Å². The van der Waals surface area contributed by atoms with Crippen LogP contribution in [0.3, 0.4) is 0 Å². The maximum absolute atomic E-state index is 11.6. The summed E-state index contributed by atoms with van der Waals surface area (Å²) in [4.78, 5) is 11.2. The predicted octanol–water partition coefficient (Wildman–Crippen LogP) is 1.93. The van der Waals surface area contributed by atoms with Crippen LogP contribution in [0.4, 0.5) is 0 Å². The minimum atomic E-state index is -0.776. The summed E-state index contributed by atoms with van der Waals surface area (Å²) < 4.78 is 1.99. The van der Waals surface area contributed by atoms with Crippen LogP contribution in [-0.2, 0) is 19.2 Å². The molecule has 2 aromatic rings. The van der Waals surface area contributed by atoms with Crippen LogP contribution < -0.4 is 0 Å². The Hall–Kier alpha value is -1.72. The number of aromatic nitrogens is 3. The van der Waals surface area contributed by atoms with Gasteiger partial charge in [0.1, 0.15) is 11.4 Å². The maximum atomic E-state index is 11.6. The molecule has 0 amide bonds. The van der Waals surface area contributed by atoms with E-state index in [1.165, 1.54) is 12.0 Å². The van der Waals surface area contributed by atoms with E-state index in [1.54, 1.807) is 6.20 Å². The molecule has 1 N–H and O–H groups in total. The molecule has 5 nitrogen and oxygen atoms in total. The molecule has 2 fully saturated rings. The van der Waals surface area contributed by atoms with Crippen LogP contribution in [0.25, 0.3) is 0 Å². The summed E-state index contributed by atoms with van der Waals surface area (Å²) >= 11 is 0. The van der Waals surface area contributed by atoms with Crippen molar-refractivity contribution >= 4 is 0 Å². The van der Waals surface area contributed by atoms with Crippen molar-refractivity contribution in [3.05, 3.63) is 48.3 Å². The number of hydrogen-bond acceptors (Lipinski definition) is 4. The summed E-state index contributed by atoms with van der Waals surface area (Å²) in [6.45, 7) is 2.76. The first-order valence-corrected chi connectivity index (χ1v) is 8.49. The average Bonchev–Trinajstić information content (AvgIpc) is 2.96. The molecule has 0 aromatic carbocycles. The number of pyridine rings is 1. The van der Waals surface area contributed by atoms with Gasteiger partial charge in [0.2, 0.25) is 0 Å². The highest BCUT2D eigenvalue weighted by Gasteiger charge is 2.53. The number of aliphatic hydroxyl groups is 1. The summed E-state index contributed by atoms with van der Waals surface area (Å²) in [5, 5.41) is 11.6. The molecule has 2 aliphatic rings. The molecule has 0 radical (unpaired) electrons. The topological polar surface area (TPSA) is 54.2 Å². The van der Waals surface area contributed by atoms with Crippen molar-refractivity contribution in [1.82, 2.24) is 19.4 Å². The Balaban J connectivity index is 1.59. The average molecular weight is 312 g/mol. The van der Waals surface area contributed by atoms with Gasteiger partial charge in [-0.15, -0.1) is 0 Å². The molecule has 1 aliphatic carbocycles. The summed E-state index contributed by atoms with van der Waals surface area (Å²) in [6.07, 6.45) is 10.8. The van der Waals surface area contributed by atoms with Crippen molar-refractivity contribution in [2.24, 2.45) is 18.9 Å². The van der Waals surface area contributed by atoms with Gasteiger partial charge in [0.15, 0.2) is 0 Å². The van der Waals surface area contributed by atoms with Crippen LogP contribution >= 0.6 is 0 Å². The summed E-state index contributed by atoms with van der Waals surface area (Å²) in [5.41, 5.74) is 0.468. The number of imidazole rings is 1. The van der Waals surface area contributed by atoms with Crippen LogP contribution in [0, 0.1) is 11.8 Å². The second kappa shape index (κ2) is 5.73. The second-order valence-electron chi connectivity index (χ2n) is 7.07. The lowest BCUT2D eigenvalue weighted by molar-refractivity contribution is -0.155. The van der Waals surface area contributed by atoms with Gasteiger partial charge in [-0.25, -0.2) is 4.98 Å². The number of hydrogen-bond donors (Lipinski definition) is 1. The number of likely N-dealkylation sites (tertiary alicyclic amines) is 1. The van der Waals surface area contributed by atoms with Crippen LogP contribution in [0.2, 0.25) is 0 Å². The lowest BCUT2D eigenvalue weighted by atomic mass is 9.65. The van der Waals surface area contributed by atoms with Crippen LogP contribution in [-0.4, -0.2) is 37.6 Å². The third-order valence-electron chi connectivity index (χ3n) is 5.62. The highest BCUT2D eigenvalue weighted by atomic mass is 16.3. The lowest BCUT2D eigenvalue weighted by Crippen LogP contribution is -2.58. The third kappa shape index (κ3) is 2.48. The van der Waals surface area contributed by atoms with Gasteiger partial charge < -0.3 is 9.67 Å². The Morgan fingerprint density at radius 1 is 1.26 bits per heavy atom. The van der Waals surface area contributed by atoms with Crippen LogP contribution in [0.1, 0.15) is 30.7 Å². The van der Waals surface area contributed by atoms with E-state index in [9.17, 15) is 5.11 Å². The number of piperidine rings is 1. The first kappa shape index (κ1) is 14.8. The number of nitrogens with zero attached hydrogens (tertiary/aromatic N) is 4. The van der Waals surface area contributed by atoms with Crippen molar-refractivity contribution in [3.63, 3.8) is 0 Å². The Bertz CT molecular complexity index is 655. The fourth-order valence-corrected chi connectivity index (χ4v) is 4.54. The zero-order valence-corrected chi connectivity index (χ0v) is 13.6. The molecule has 2 atom stereocenters. The molecule has 2 aromatic heterocycles. The molecular formula is C18H24N4O. The minimum absolute atomic E-state index is 0.257. The molecule has 2 unspecified atom stereocenters. The normalized spacial score (nSPS) is 31.2. The molecule has 1 saturated heterocycles. The molecule has 1 saturated carbocycles. The molecular weight excluding hydrogens is 288 g/mol. The maximum Gasteiger partial charge on any atom is 0.141 e. The standard InChI is InChI=1S/C18H24N4O/c1-21-9-8-20-17(21)18(23)15-5-2-6-16(18)13-22(12-15)11-14-4-3-7-19-10-14/h3-4,7-10,15-16,23H,2,5-6,11-13H2,1H3. The summed E-state index contributed by atoms with van der Waals surface area (Å²) in [5.74, 6) is 1.36. The first-order chi connectivity index (χ1) is 11.2. The monoisotopic (exact) mass is 312 g/mol. The van der Waals surface area contributed by atoms with Gasteiger partial charge in [-0.2, -0.15) is 0 Å². The molecule has 5 heteroatoms. The number of rotatable bonds is 3. The van der Waals surface area contributed by atoms with Crippen molar-refractivity contribution in [1.29, 1.82) is 0 Å². The zero-order valence-electron chi connectivity index (χ0n) is 13.6. The van der Waals surface area contributed by atoms with Crippen LogP contribution in [0.15, 0.2) is 36.9 Å². The Labute approximate surface area is 137 Å². The molecule has 2 bridgehead atoms. The highest BCUT2D eigenvalue weighted by Crippen LogP contribution is 2.48. The third-order valence-corrected chi connectivity index (χ3v) is 5.62. The number of fused-ring (bicyclic) bond motifs is 2. The van der Waals surface area contributed by atoms with E-state index in [0.717, 1.165) is 38.3 Å². The first-order valence-electron chi connectivity index (χ1n) is 8.49. The fraction of sp³-hybridized carbons (Fsp3) is 0.556. The molecule has 23 heavy (non-hydrogen) atoms. The Morgan fingerprint density at radius 2 is 2.04 bits per heavy atom. The zero-order chi connectivity index (χ0) is 15.9. The Morgan fingerprint density at radius 3 is 2.65 bits per heavy atom. The molecule has 122 valence electrons. The van der Waals surface area contributed by atoms with E-state index in [1.807, 2.05) is 36.3 Å². The predicted molar refractivity (Wildman–Crippen MR) is 87.4 cm³/mol. The molecule has 3 heterocycles. The van der Waals surface area contributed by atoms with Gasteiger partial charge in [0.25, 0.3) is 0 Å². The van der Waals surface area contributed by atoms with Gasteiger partial charge in [0.05, 0.1) is 0 Å². The van der Waals surface area contributed by atoms with E-state index in [-0.39, 0.29) is 11.8 Å². The summed E-state index contributed by atoms with van der Waals surface area (Å²) in [6, 6.07) is 4.12. The largest absolute Gasteiger partial charge is 0.381 e. The molecule has 1 aliphatic heterocycles. The summed E-state index contributed by atoms with van der Waals surface area (Å²) in [7, 11) is 1.98. The molecule has 4 rings (SSSR count). The number of aryl methyl sites for hydroxylation is 1. The van der Waals surface area contributed by atoms with E-state index in [0.29, 0.717) is 0 Å². The minimum Gasteiger partial charge on any atom is -0.381 e. The van der Waals surface area contributed by atoms with Crippen molar-refractivity contribution in [3.8, 4) is 0 Å². The lowest BCUT2D eigenvalue weighted by Gasteiger charge is -2.52. The van der Waals surface area contributed by atoms with Gasteiger partial charge in [0, 0.05) is 63.3 Å². The Kier molecular flexibility index (Phi) is 3.70. The van der Waals surface area contributed by atoms with Crippen molar-refractivity contribution in [2.45, 2.75) is 31.4 Å². The fourth-order valence-electron chi connectivity index (χ4n) is 4.54. The van der Waals surface area contributed by atoms with Crippen molar-refractivity contribution < 1.29 is 5.11 Å². The van der Waals surface area contributed by atoms with Gasteiger partial charge in [-0.05, 0) is 24.5 Å². The van der Waals surface area contributed by atoms with E-state index >= 15 is 0 Å². The van der Waals surface area contributed by atoms with Gasteiger partial charge in [-0.3, -0.25) is 9.88 Å². The smallest absolute Gasteiger partial charge is 0.141 e. The highest BCUT2D eigenvalue weighted by molar-refractivity contribution is 5.15. The van der Waals surface area contributed by atoms with Crippen LogP contribution in [0.5, 0.6) is 0 Å². The quantitative estimate of drug-likeness (QED) is 0.941. The second-order valence-corrected chi connectivity index (χ2v) is 7.07. The SMILES string of the molecule is Cn1ccnc1C1(O)C2CCCC1CN(Cc1cccnc1)C2. The van der Waals surface area contributed by atoms with Gasteiger partial charge >= 0.3 is 0 Å². The van der Waals surface area contributed by atoms with E-state index in [4.69, 9.17) is 0 Å². The van der Waals surface area contributed by atoms with E-state index in [2.05, 4.69) is 20.9 Å². The molecule has 0 spiro atoms.